The van der Waals surface area contributed by atoms with Crippen LogP contribution in [0.2, 0.25) is 5.02 Å². The number of carbonyl (C=O) groups is 1. The van der Waals surface area contributed by atoms with E-state index < -0.39 is 5.54 Å². The van der Waals surface area contributed by atoms with Crippen molar-refractivity contribution in [2.45, 2.75) is 44.6 Å². The van der Waals surface area contributed by atoms with Gasteiger partial charge in [0.1, 0.15) is 0 Å². The summed E-state index contributed by atoms with van der Waals surface area (Å²) in [5.41, 5.74) is 7.17. The highest BCUT2D eigenvalue weighted by atomic mass is 35.5. The van der Waals surface area contributed by atoms with Gasteiger partial charge in [-0.1, -0.05) is 36.9 Å². The van der Waals surface area contributed by atoms with Crippen LogP contribution < -0.4 is 11.1 Å². The Morgan fingerprint density at radius 1 is 1.32 bits per heavy atom. The molecule has 0 unspecified atom stereocenters. The second-order valence-corrected chi connectivity index (χ2v) is 5.54. The highest BCUT2D eigenvalue weighted by Gasteiger charge is 2.35. The molecule has 1 aromatic carbocycles. The third-order valence-corrected chi connectivity index (χ3v) is 4.03. The number of hydrogen-bond donors (Lipinski definition) is 2. The Morgan fingerprint density at radius 2 is 1.95 bits per heavy atom. The summed E-state index contributed by atoms with van der Waals surface area (Å²) in [5.74, 6) is -0.0953. The normalized spacial score (nSPS) is 17.4. The predicted molar refractivity (Wildman–Crippen MR) is 82.1 cm³/mol. The lowest BCUT2D eigenvalue weighted by Crippen LogP contribution is -2.52. The monoisotopic (exact) mass is 302 g/mol. The Morgan fingerprint density at radius 3 is 2.53 bits per heavy atom. The summed E-state index contributed by atoms with van der Waals surface area (Å²) in [7, 11) is 0. The number of amides is 1. The van der Waals surface area contributed by atoms with Crippen molar-refractivity contribution in [3.8, 4) is 0 Å². The van der Waals surface area contributed by atoms with Gasteiger partial charge in [0.05, 0.1) is 5.54 Å². The van der Waals surface area contributed by atoms with E-state index in [2.05, 4.69) is 5.32 Å². The van der Waals surface area contributed by atoms with Crippen molar-refractivity contribution in [1.29, 1.82) is 0 Å². The molecule has 1 amide bonds. The molecule has 3 N–H and O–H groups in total. The van der Waals surface area contributed by atoms with Crippen molar-refractivity contribution in [1.82, 2.24) is 0 Å². The Bertz CT molecular complexity index is 457. The van der Waals surface area contributed by atoms with Gasteiger partial charge in [0.15, 0.2) is 0 Å². The summed E-state index contributed by atoms with van der Waals surface area (Å²) >= 11 is 6.04. The highest BCUT2D eigenvalue weighted by Crippen LogP contribution is 2.28. The molecule has 1 aliphatic carbocycles. The van der Waals surface area contributed by atoms with E-state index in [4.69, 9.17) is 17.3 Å². The van der Waals surface area contributed by atoms with Crippen molar-refractivity contribution in [3.05, 3.63) is 28.8 Å². The largest absolute Gasteiger partial charge is 0.324 e. The van der Waals surface area contributed by atoms with Crippen LogP contribution in [0.15, 0.2) is 18.2 Å². The first-order valence-electron chi connectivity index (χ1n) is 6.38. The van der Waals surface area contributed by atoms with Gasteiger partial charge in [-0.3, -0.25) is 4.79 Å². The molecule has 0 spiro atoms. The molecule has 1 saturated carbocycles. The highest BCUT2D eigenvalue weighted by molar-refractivity contribution is 6.31. The maximum atomic E-state index is 12.2. The maximum absolute atomic E-state index is 12.2. The van der Waals surface area contributed by atoms with Gasteiger partial charge in [-0.2, -0.15) is 0 Å². The van der Waals surface area contributed by atoms with Gasteiger partial charge in [-0.25, -0.2) is 0 Å². The lowest BCUT2D eigenvalue weighted by atomic mass is 9.82. The zero-order valence-corrected chi connectivity index (χ0v) is 12.6. The average Bonchev–Trinajstić information content (AvgIpc) is 2.35. The zero-order valence-electron chi connectivity index (χ0n) is 11.0. The van der Waals surface area contributed by atoms with Gasteiger partial charge < -0.3 is 11.1 Å². The Kier molecular flexibility index (Phi) is 5.65. The summed E-state index contributed by atoms with van der Waals surface area (Å²) < 4.78 is 0. The minimum atomic E-state index is -0.713. The second-order valence-electron chi connectivity index (χ2n) is 5.13. The number of rotatable bonds is 2. The van der Waals surface area contributed by atoms with Crippen molar-refractivity contribution in [2.24, 2.45) is 5.73 Å². The van der Waals surface area contributed by atoms with Crippen LogP contribution in [0.5, 0.6) is 0 Å². The fraction of sp³-hybridized carbons (Fsp3) is 0.500. The Hall–Kier alpha value is -0.770. The maximum Gasteiger partial charge on any atom is 0.244 e. The average molecular weight is 303 g/mol. The number of benzene rings is 1. The lowest BCUT2D eigenvalue weighted by Gasteiger charge is -2.31. The second kappa shape index (κ2) is 6.60. The molecule has 3 nitrogen and oxygen atoms in total. The van der Waals surface area contributed by atoms with Crippen LogP contribution in [0.25, 0.3) is 0 Å². The number of anilines is 1. The smallest absolute Gasteiger partial charge is 0.244 e. The standard InChI is InChI=1S/C14H19ClN2O.ClH/c1-10-5-6-11(9-12(10)15)17-13(18)14(16)7-3-2-4-8-14;/h5-6,9H,2-4,7-8,16H2,1H3,(H,17,18);1H. The molecule has 0 aliphatic heterocycles. The molecule has 5 heteroatoms. The zero-order chi connectivity index (χ0) is 13.2. The number of carbonyl (C=O) groups excluding carboxylic acids is 1. The van der Waals surface area contributed by atoms with Gasteiger partial charge in [0, 0.05) is 10.7 Å². The molecule has 0 radical (unpaired) electrons. The summed E-state index contributed by atoms with van der Waals surface area (Å²) in [4.78, 5) is 12.2. The molecule has 19 heavy (non-hydrogen) atoms. The number of hydrogen-bond acceptors (Lipinski definition) is 2. The Labute approximate surface area is 125 Å². The number of nitrogens with one attached hydrogen (secondary N) is 1. The van der Waals surface area contributed by atoms with Crippen LogP contribution in [-0.4, -0.2) is 11.4 Å². The quantitative estimate of drug-likeness (QED) is 0.876. The van der Waals surface area contributed by atoms with Crippen LogP contribution in [0, 0.1) is 6.92 Å². The fourth-order valence-electron chi connectivity index (χ4n) is 2.34. The molecular weight excluding hydrogens is 283 g/mol. The molecule has 0 aromatic heterocycles. The van der Waals surface area contributed by atoms with E-state index in [0.717, 1.165) is 31.2 Å². The van der Waals surface area contributed by atoms with E-state index in [9.17, 15) is 4.79 Å². The van der Waals surface area contributed by atoms with Gasteiger partial charge in [0.2, 0.25) is 5.91 Å². The Balaban J connectivity index is 0.00000180. The van der Waals surface area contributed by atoms with Crippen LogP contribution >= 0.6 is 24.0 Å². The van der Waals surface area contributed by atoms with E-state index in [1.807, 2.05) is 19.1 Å². The number of aryl methyl sites for hydroxylation is 1. The number of nitrogens with two attached hydrogens (primary N) is 1. The van der Waals surface area contributed by atoms with Crippen LogP contribution in [0.4, 0.5) is 5.69 Å². The first kappa shape index (κ1) is 16.3. The van der Waals surface area contributed by atoms with Gasteiger partial charge in [-0.15, -0.1) is 12.4 Å². The predicted octanol–water partition coefficient (Wildman–Crippen LogP) is 3.67. The summed E-state index contributed by atoms with van der Waals surface area (Å²) in [5, 5.41) is 3.53. The molecular formula is C14H20Cl2N2O. The molecule has 0 bridgehead atoms. The van der Waals surface area contributed by atoms with Crippen LogP contribution in [-0.2, 0) is 4.79 Å². The van der Waals surface area contributed by atoms with Crippen LogP contribution in [0.1, 0.15) is 37.7 Å². The third-order valence-electron chi connectivity index (χ3n) is 3.63. The minimum absolute atomic E-state index is 0. The first-order valence-corrected chi connectivity index (χ1v) is 6.75. The van der Waals surface area contributed by atoms with E-state index in [0.29, 0.717) is 10.7 Å². The van der Waals surface area contributed by atoms with Crippen molar-refractivity contribution in [2.75, 3.05) is 5.32 Å². The van der Waals surface area contributed by atoms with E-state index in [1.165, 1.54) is 6.42 Å². The van der Waals surface area contributed by atoms with Gasteiger partial charge >= 0.3 is 0 Å². The van der Waals surface area contributed by atoms with Crippen molar-refractivity contribution in [3.63, 3.8) is 0 Å². The SMILES string of the molecule is Cc1ccc(NC(=O)C2(N)CCCCC2)cc1Cl.Cl. The molecule has 0 saturated heterocycles. The molecule has 0 heterocycles. The first-order chi connectivity index (χ1) is 8.51. The summed E-state index contributed by atoms with van der Waals surface area (Å²) in [6.45, 7) is 1.93. The topological polar surface area (TPSA) is 55.1 Å². The van der Waals surface area contributed by atoms with Crippen LogP contribution in [0.3, 0.4) is 0 Å². The lowest BCUT2D eigenvalue weighted by molar-refractivity contribution is -0.122. The fourth-order valence-corrected chi connectivity index (χ4v) is 2.52. The van der Waals surface area contributed by atoms with Gasteiger partial charge in [0.25, 0.3) is 0 Å². The molecule has 0 atom stereocenters. The van der Waals surface area contributed by atoms with Gasteiger partial charge in [-0.05, 0) is 37.5 Å². The van der Waals surface area contributed by atoms with Crippen molar-refractivity contribution >= 4 is 35.6 Å². The van der Waals surface area contributed by atoms with E-state index in [1.54, 1.807) is 6.07 Å². The van der Waals surface area contributed by atoms with E-state index >= 15 is 0 Å². The van der Waals surface area contributed by atoms with E-state index in [-0.39, 0.29) is 18.3 Å². The molecule has 1 aromatic rings. The number of halogens is 2. The van der Waals surface area contributed by atoms with Crippen molar-refractivity contribution < 1.29 is 4.79 Å². The minimum Gasteiger partial charge on any atom is -0.324 e. The molecule has 106 valence electrons. The summed E-state index contributed by atoms with van der Waals surface area (Å²) in [6.07, 6.45) is 4.75. The third kappa shape index (κ3) is 3.85. The molecule has 1 aliphatic rings. The molecule has 2 rings (SSSR count). The molecule has 1 fully saturated rings. The summed E-state index contributed by atoms with van der Waals surface area (Å²) in [6, 6.07) is 5.51.